The molecule has 0 bridgehead atoms. The molecule has 0 fully saturated rings. The van der Waals surface area contributed by atoms with Crippen LogP contribution in [0.3, 0.4) is 0 Å². The Bertz CT molecular complexity index is 911. The number of rotatable bonds is 7. The van der Waals surface area contributed by atoms with Gasteiger partial charge in [0.1, 0.15) is 0 Å². The predicted octanol–water partition coefficient (Wildman–Crippen LogP) is 3.96. The van der Waals surface area contributed by atoms with Gasteiger partial charge < -0.3 is 18.8 Å². The van der Waals surface area contributed by atoms with E-state index in [9.17, 15) is 0 Å². The molecule has 3 aromatic rings. The molecule has 0 aliphatic rings. The summed E-state index contributed by atoms with van der Waals surface area (Å²) in [5.74, 6) is 2.00. The fourth-order valence-corrected chi connectivity index (χ4v) is 2.37. The van der Waals surface area contributed by atoms with Gasteiger partial charge in [0.05, 0.1) is 20.4 Å². The maximum atomic E-state index is 5.96. The number of benzene rings is 2. The summed E-state index contributed by atoms with van der Waals surface area (Å²) in [6.45, 7) is 0.0529. The molecule has 1 heterocycles. The van der Waals surface area contributed by atoms with Crippen LogP contribution >= 0.6 is 11.6 Å². The average Bonchev–Trinajstić information content (AvgIpc) is 3.14. The lowest BCUT2D eigenvalue weighted by atomic mass is 10.2. The van der Waals surface area contributed by atoms with Gasteiger partial charge in [-0.1, -0.05) is 34.0 Å². The third-order valence-electron chi connectivity index (χ3n) is 3.42. The highest BCUT2D eigenvalue weighted by Crippen LogP contribution is 2.27. The lowest BCUT2D eigenvalue weighted by molar-refractivity contribution is 0.107. The first-order valence-electron chi connectivity index (χ1n) is 7.65. The first-order chi connectivity index (χ1) is 12.7. The zero-order chi connectivity index (χ0) is 18.4. The summed E-state index contributed by atoms with van der Waals surface area (Å²) in [6, 6.07) is 12.6. The molecule has 0 saturated carbocycles. The Balaban J connectivity index is 1.59. The van der Waals surface area contributed by atoms with Crippen molar-refractivity contribution < 1.29 is 18.8 Å². The van der Waals surface area contributed by atoms with E-state index in [0.717, 1.165) is 11.1 Å². The molecule has 2 aromatic carbocycles. The van der Waals surface area contributed by atoms with Crippen LogP contribution in [0.15, 0.2) is 52.1 Å². The smallest absolute Gasteiger partial charge is 0.267 e. The normalized spacial score (nSPS) is 10.9. The number of aromatic nitrogens is 2. The summed E-state index contributed by atoms with van der Waals surface area (Å²) in [6.07, 6.45) is 1.55. The molecule has 8 heteroatoms. The second-order valence-electron chi connectivity index (χ2n) is 5.14. The Kier molecular flexibility index (Phi) is 5.70. The molecule has 134 valence electrons. The van der Waals surface area contributed by atoms with E-state index in [-0.39, 0.29) is 6.61 Å². The maximum Gasteiger partial charge on any atom is 0.267 e. The molecular formula is C18H16ClN3O4. The van der Waals surface area contributed by atoms with Crippen molar-refractivity contribution in [1.29, 1.82) is 0 Å². The van der Waals surface area contributed by atoms with Crippen LogP contribution in [0, 0.1) is 0 Å². The van der Waals surface area contributed by atoms with Crippen LogP contribution in [0.5, 0.6) is 11.5 Å². The Morgan fingerprint density at radius 1 is 1.12 bits per heavy atom. The Morgan fingerprint density at radius 3 is 2.73 bits per heavy atom. The first-order valence-corrected chi connectivity index (χ1v) is 8.03. The molecule has 3 rings (SSSR count). The van der Waals surface area contributed by atoms with Crippen molar-refractivity contribution in [1.82, 2.24) is 10.1 Å². The summed E-state index contributed by atoms with van der Waals surface area (Å²) in [5, 5.41) is 8.39. The van der Waals surface area contributed by atoms with Crippen LogP contribution < -0.4 is 9.47 Å². The van der Waals surface area contributed by atoms with E-state index in [2.05, 4.69) is 15.3 Å². The van der Waals surface area contributed by atoms with Gasteiger partial charge in [-0.2, -0.15) is 4.98 Å². The monoisotopic (exact) mass is 373 g/mol. The van der Waals surface area contributed by atoms with E-state index in [1.165, 1.54) is 0 Å². The Hall–Kier alpha value is -3.06. The van der Waals surface area contributed by atoms with Gasteiger partial charge in [0.2, 0.25) is 5.82 Å². The number of nitrogens with zero attached hydrogens (tertiary/aromatic N) is 3. The fraction of sp³-hybridized carbons (Fsp3) is 0.167. The van der Waals surface area contributed by atoms with E-state index in [1.807, 2.05) is 18.2 Å². The third-order valence-corrected chi connectivity index (χ3v) is 3.66. The minimum Gasteiger partial charge on any atom is -0.493 e. The number of methoxy groups -OCH3 is 2. The van der Waals surface area contributed by atoms with Gasteiger partial charge in [-0.25, -0.2) is 0 Å². The lowest BCUT2D eigenvalue weighted by Crippen LogP contribution is -1.93. The molecule has 1 aromatic heterocycles. The highest BCUT2D eigenvalue weighted by Gasteiger charge is 2.09. The predicted molar refractivity (Wildman–Crippen MR) is 96.7 cm³/mol. The van der Waals surface area contributed by atoms with Crippen molar-refractivity contribution in [2.45, 2.75) is 6.61 Å². The van der Waals surface area contributed by atoms with Crippen molar-refractivity contribution in [3.63, 3.8) is 0 Å². The SMILES string of the molecule is COc1ccc(/C=N\OCc2nc(-c3cccc(Cl)c3)no2)cc1OC. The topological polar surface area (TPSA) is 79.0 Å². The molecule has 0 amide bonds. The molecule has 0 saturated heterocycles. The average molecular weight is 374 g/mol. The zero-order valence-corrected chi connectivity index (χ0v) is 14.9. The van der Waals surface area contributed by atoms with Crippen LogP contribution in [0.25, 0.3) is 11.4 Å². The van der Waals surface area contributed by atoms with E-state index in [1.54, 1.807) is 44.7 Å². The number of hydrogen-bond acceptors (Lipinski definition) is 7. The second-order valence-corrected chi connectivity index (χ2v) is 5.58. The molecule has 0 aliphatic carbocycles. The fourth-order valence-electron chi connectivity index (χ4n) is 2.18. The molecule has 7 nitrogen and oxygen atoms in total. The molecule has 26 heavy (non-hydrogen) atoms. The molecule has 0 aliphatic heterocycles. The van der Waals surface area contributed by atoms with Crippen LogP contribution in [0.4, 0.5) is 0 Å². The van der Waals surface area contributed by atoms with Crippen molar-refractivity contribution in [3.8, 4) is 22.9 Å². The molecule has 0 N–H and O–H groups in total. The molecule has 0 unspecified atom stereocenters. The molecular weight excluding hydrogens is 358 g/mol. The minimum atomic E-state index is 0.0529. The summed E-state index contributed by atoms with van der Waals surface area (Å²) < 4.78 is 15.6. The van der Waals surface area contributed by atoms with Gasteiger partial charge in [0, 0.05) is 16.1 Å². The van der Waals surface area contributed by atoms with Crippen LogP contribution in [0.1, 0.15) is 11.5 Å². The van der Waals surface area contributed by atoms with Crippen molar-refractivity contribution >= 4 is 17.8 Å². The zero-order valence-electron chi connectivity index (χ0n) is 14.2. The minimum absolute atomic E-state index is 0.0529. The van der Waals surface area contributed by atoms with Gasteiger partial charge >= 0.3 is 0 Å². The van der Waals surface area contributed by atoms with E-state index in [0.29, 0.717) is 28.2 Å². The van der Waals surface area contributed by atoms with Gasteiger partial charge in [0.25, 0.3) is 5.89 Å². The Morgan fingerprint density at radius 2 is 1.96 bits per heavy atom. The largest absolute Gasteiger partial charge is 0.493 e. The number of ether oxygens (including phenoxy) is 2. The molecule has 0 atom stereocenters. The highest BCUT2D eigenvalue weighted by atomic mass is 35.5. The number of hydrogen-bond donors (Lipinski definition) is 0. The quantitative estimate of drug-likeness (QED) is 0.460. The highest BCUT2D eigenvalue weighted by molar-refractivity contribution is 6.30. The third kappa shape index (κ3) is 4.31. The van der Waals surface area contributed by atoms with Crippen LogP contribution in [-0.4, -0.2) is 30.6 Å². The maximum absolute atomic E-state index is 5.96. The number of oxime groups is 1. The van der Waals surface area contributed by atoms with Crippen molar-refractivity contribution in [2.24, 2.45) is 5.16 Å². The summed E-state index contributed by atoms with van der Waals surface area (Å²) >= 11 is 5.96. The first kappa shape index (κ1) is 17.8. The Labute approximate surface area is 155 Å². The standard InChI is InChI=1S/C18H16ClN3O4/c1-23-15-7-6-12(8-16(15)24-2)10-20-25-11-17-21-18(22-26-17)13-4-3-5-14(19)9-13/h3-10H,11H2,1-2H3/b20-10-. The summed E-state index contributed by atoms with van der Waals surface area (Å²) in [7, 11) is 3.15. The van der Waals surface area contributed by atoms with Crippen molar-refractivity contribution in [3.05, 3.63) is 58.9 Å². The van der Waals surface area contributed by atoms with Crippen LogP contribution in [0.2, 0.25) is 5.02 Å². The summed E-state index contributed by atoms with van der Waals surface area (Å²) in [4.78, 5) is 9.45. The van der Waals surface area contributed by atoms with E-state index >= 15 is 0 Å². The molecule has 0 radical (unpaired) electrons. The van der Waals surface area contributed by atoms with Crippen molar-refractivity contribution in [2.75, 3.05) is 14.2 Å². The lowest BCUT2D eigenvalue weighted by Gasteiger charge is -2.07. The van der Waals surface area contributed by atoms with Gasteiger partial charge in [-0.3, -0.25) is 0 Å². The second kappa shape index (κ2) is 8.35. The van der Waals surface area contributed by atoms with E-state index in [4.69, 9.17) is 30.4 Å². The summed E-state index contributed by atoms with van der Waals surface area (Å²) in [5.41, 5.74) is 1.56. The van der Waals surface area contributed by atoms with Gasteiger partial charge in [-0.15, -0.1) is 0 Å². The van der Waals surface area contributed by atoms with Crippen LogP contribution in [-0.2, 0) is 11.4 Å². The number of halogens is 1. The van der Waals surface area contributed by atoms with Gasteiger partial charge in [0.15, 0.2) is 18.1 Å². The van der Waals surface area contributed by atoms with E-state index < -0.39 is 0 Å². The molecule has 0 spiro atoms. The van der Waals surface area contributed by atoms with Gasteiger partial charge in [-0.05, 0) is 30.3 Å².